The van der Waals surface area contributed by atoms with Crippen molar-refractivity contribution in [2.45, 2.75) is 4.90 Å². The molecule has 0 atom stereocenters. The van der Waals surface area contributed by atoms with Crippen molar-refractivity contribution in [2.75, 3.05) is 55.2 Å². The minimum absolute atomic E-state index is 0.0234. The first kappa shape index (κ1) is 18.8. The average Bonchev–Trinajstić information content (AvgIpc) is 2.74. The Morgan fingerprint density at radius 2 is 1.86 bits per heavy atom. The number of anilines is 2. The van der Waals surface area contributed by atoms with Crippen LogP contribution < -0.4 is 15.5 Å². The Labute approximate surface area is 169 Å². The van der Waals surface area contributed by atoms with Crippen LogP contribution in [0.2, 0.25) is 0 Å². The number of fused-ring (bicyclic) bond motifs is 1. The lowest BCUT2D eigenvalue weighted by Crippen LogP contribution is -2.48. The highest BCUT2D eigenvalue weighted by Gasteiger charge is 2.19. The molecule has 0 radical (unpaired) electrons. The first-order chi connectivity index (χ1) is 13.7. The summed E-state index contributed by atoms with van der Waals surface area (Å²) in [6, 6.07) is 16.0. The summed E-state index contributed by atoms with van der Waals surface area (Å²) in [6.07, 6.45) is 0. The quantitative estimate of drug-likeness (QED) is 0.812. The van der Waals surface area contributed by atoms with E-state index in [-0.39, 0.29) is 11.8 Å². The number of nitrogens with zero attached hydrogens (tertiary/aromatic N) is 2. The zero-order chi connectivity index (χ0) is 19.3. The minimum Gasteiger partial charge on any atom is -0.369 e. The SMILES string of the molecule is O=C1CSc2ccc(C(=O)NCCN3CCN(c4ccccc4)CC3)cc2N1. The van der Waals surface area contributed by atoms with Crippen LogP contribution >= 0.6 is 11.8 Å². The maximum atomic E-state index is 12.4. The van der Waals surface area contributed by atoms with Gasteiger partial charge in [0.1, 0.15) is 0 Å². The molecule has 2 aliphatic heterocycles. The predicted octanol–water partition coefficient (Wildman–Crippen LogP) is 2.28. The number of thioether (sulfide) groups is 1. The van der Waals surface area contributed by atoms with Gasteiger partial charge in [0.05, 0.1) is 11.4 Å². The number of piperazine rings is 1. The number of amides is 2. The van der Waals surface area contributed by atoms with Crippen LogP contribution in [0.5, 0.6) is 0 Å². The van der Waals surface area contributed by atoms with Crippen LogP contribution in [0.15, 0.2) is 53.4 Å². The first-order valence-electron chi connectivity index (χ1n) is 9.56. The molecule has 2 amide bonds. The van der Waals surface area contributed by atoms with Crippen LogP contribution in [-0.4, -0.2) is 61.7 Å². The molecule has 0 unspecified atom stereocenters. The molecule has 0 spiro atoms. The van der Waals surface area contributed by atoms with Gasteiger partial charge in [0.2, 0.25) is 5.91 Å². The number of carbonyl (C=O) groups excluding carboxylic acids is 2. The molecule has 146 valence electrons. The van der Waals surface area contributed by atoms with Crippen LogP contribution in [0.3, 0.4) is 0 Å². The normalized spacial score (nSPS) is 17.0. The summed E-state index contributed by atoms with van der Waals surface area (Å²) >= 11 is 1.50. The zero-order valence-electron chi connectivity index (χ0n) is 15.7. The maximum absolute atomic E-state index is 12.4. The number of carbonyl (C=O) groups is 2. The summed E-state index contributed by atoms with van der Waals surface area (Å²) in [5.74, 6) is 0.302. The molecule has 1 fully saturated rings. The van der Waals surface area contributed by atoms with E-state index in [2.05, 4.69) is 44.7 Å². The van der Waals surface area contributed by atoms with E-state index in [4.69, 9.17) is 0 Å². The lowest BCUT2D eigenvalue weighted by Gasteiger charge is -2.36. The van der Waals surface area contributed by atoms with Crippen molar-refractivity contribution in [3.05, 3.63) is 54.1 Å². The van der Waals surface area contributed by atoms with E-state index in [1.165, 1.54) is 17.4 Å². The van der Waals surface area contributed by atoms with E-state index in [1.807, 2.05) is 18.2 Å². The molecule has 2 aliphatic rings. The molecule has 0 bridgehead atoms. The van der Waals surface area contributed by atoms with Crippen LogP contribution in [0.25, 0.3) is 0 Å². The second kappa shape index (κ2) is 8.67. The van der Waals surface area contributed by atoms with Crippen molar-refractivity contribution in [1.29, 1.82) is 0 Å². The molecule has 2 heterocycles. The maximum Gasteiger partial charge on any atom is 0.251 e. The van der Waals surface area contributed by atoms with Crippen LogP contribution in [-0.2, 0) is 4.79 Å². The van der Waals surface area contributed by atoms with Crippen molar-refractivity contribution in [3.63, 3.8) is 0 Å². The molecule has 6 nitrogen and oxygen atoms in total. The Kier molecular flexibility index (Phi) is 5.83. The molecular formula is C21H24N4O2S. The van der Waals surface area contributed by atoms with E-state index in [0.29, 0.717) is 17.9 Å². The fourth-order valence-electron chi connectivity index (χ4n) is 3.52. The summed E-state index contributed by atoms with van der Waals surface area (Å²) in [5.41, 5.74) is 2.58. The van der Waals surface area contributed by atoms with Gasteiger partial charge in [-0.1, -0.05) is 18.2 Å². The number of benzene rings is 2. The topological polar surface area (TPSA) is 64.7 Å². The lowest BCUT2D eigenvalue weighted by atomic mass is 10.2. The number of rotatable bonds is 5. The molecule has 2 aromatic carbocycles. The Morgan fingerprint density at radius 3 is 2.64 bits per heavy atom. The molecule has 4 rings (SSSR count). The summed E-state index contributed by atoms with van der Waals surface area (Å²) in [7, 11) is 0. The summed E-state index contributed by atoms with van der Waals surface area (Å²) in [4.78, 5) is 29.7. The van der Waals surface area contributed by atoms with Crippen LogP contribution in [0.4, 0.5) is 11.4 Å². The Bertz CT molecular complexity index is 851. The summed E-state index contributed by atoms with van der Waals surface area (Å²) in [5, 5.41) is 5.82. The largest absolute Gasteiger partial charge is 0.369 e. The molecule has 0 aliphatic carbocycles. The van der Waals surface area contributed by atoms with E-state index < -0.39 is 0 Å². The van der Waals surface area contributed by atoms with Crippen LogP contribution in [0.1, 0.15) is 10.4 Å². The molecule has 0 saturated carbocycles. The minimum atomic E-state index is -0.101. The third kappa shape index (κ3) is 4.48. The highest BCUT2D eigenvalue weighted by Crippen LogP contribution is 2.31. The van der Waals surface area contributed by atoms with Gasteiger partial charge in [-0.05, 0) is 30.3 Å². The van der Waals surface area contributed by atoms with Gasteiger partial charge in [-0.2, -0.15) is 0 Å². The molecule has 7 heteroatoms. The molecule has 28 heavy (non-hydrogen) atoms. The number of hydrogen-bond donors (Lipinski definition) is 2. The van der Waals surface area contributed by atoms with E-state index >= 15 is 0 Å². The smallest absolute Gasteiger partial charge is 0.251 e. The highest BCUT2D eigenvalue weighted by molar-refractivity contribution is 8.00. The predicted molar refractivity (Wildman–Crippen MR) is 113 cm³/mol. The second-order valence-corrected chi connectivity index (χ2v) is 7.99. The van der Waals surface area contributed by atoms with E-state index in [0.717, 1.165) is 43.3 Å². The number of nitrogens with one attached hydrogen (secondary N) is 2. The molecule has 0 aromatic heterocycles. The molecule has 1 saturated heterocycles. The van der Waals surface area contributed by atoms with Crippen molar-refractivity contribution in [2.24, 2.45) is 0 Å². The van der Waals surface area contributed by atoms with Crippen LogP contribution in [0, 0.1) is 0 Å². The zero-order valence-corrected chi connectivity index (χ0v) is 16.5. The average molecular weight is 397 g/mol. The third-order valence-electron chi connectivity index (χ3n) is 5.08. The van der Waals surface area contributed by atoms with E-state index in [1.54, 1.807) is 6.07 Å². The van der Waals surface area contributed by atoms with Crippen molar-refractivity contribution >= 4 is 35.0 Å². The molecule has 2 N–H and O–H groups in total. The van der Waals surface area contributed by atoms with Gasteiger partial charge < -0.3 is 15.5 Å². The van der Waals surface area contributed by atoms with Gasteiger partial charge in [-0.15, -0.1) is 11.8 Å². The second-order valence-electron chi connectivity index (χ2n) is 6.97. The lowest BCUT2D eigenvalue weighted by molar-refractivity contribution is -0.113. The van der Waals surface area contributed by atoms with Crippen molar-refractivity contribution in [1.82, 2.24) is 10.2 Å². The van der Waals surface area contributed by atoms with Crippen molar-refractivity contribution in [3.8, 4) is 0 Å². The Morgan fingerprint density at radius 1 is 1.07 bits per heavy atom. The van der Waals surface area contributed by atoms with Gasteiger partial charge in [0.25, 0.3) is 5.91 Å². The molecular weight excluding hydrogens is 372 g/mol. The van der Waals surface area contributed by atoms with Gasteiger partial charge in [0.15, 0.2) is 0 Å². The third-order valence-corrected chi connectivity index (χ3v) is 6.16. The number of hydrogen-bond acceptors (Lipinski definition) is 5. The molecule has 2 aromatic rings. The fraction of sp³-hybridized carbons (Fsp3) is 0.333. The monoisotopic (exact) mass is 396 g/mol. The van der Waals surface area contributed by atoms with Gasteiger partial charge in [0, 0.05) is 55.4 Å². The first-order valence-corrected chi connectivity index (χ1v) is 10.5. The summed E-state index contributed by atoms with van der Waals surface area (Å²) < 4.78 is 0. The van der Waals surface area contributed by atoms with Crippen molar-refractivity contribution < 1.29 is 9.59 Å². The Balaban J connectivity index is 1.23. The van der Waals surface area contributed by atoms with Gasteiger partial charge in [-0.3, -0.25) is 14.5 Å². The Hall–Kier alpha value is -2.51. The summed E-state index contributed by atoms with van der Waals surface area (Å²) in [6.45, 7) is 5.44. The standard InChI is InChI=1S/C21H24N4O2S/c26-20-15-28-19-7-6-16(14-18(19)23-20)21(27)22-8-9-24-10-12-25(13-11-24)17-4-2-1-3-5-17/h1-7,14H,8-13,15H2,(H,22,27)(H,23,26). The van der Waals surface area contributed by atoms with Gasteiger partial charge >= 0.3 is 0 Å². The fourth-order valence-corrected chi connectivity index (χ4v) is 4.31. The van der Waals surface area contributed by atoms with E-state index in [9.17, 15) is 9.59 Å². The highest BCUT2D eigenvalue weighted by atomic mass is 32.2. The van der Waals surface area contributed by atoms with Gasteiger partial charge in [-0.25, -0.2) is 0 Å². The number of para-hydroxylation sites is 1.